The van der Waals surface area contributed by atoms with Crippen LogP contribution in [0.3, 0.4) is 0 Å². The van der Waals surface area contributed by atoms with Crippen molar-refractivity contribution in [2.24, 2.45) is 0 Å². The van der Waals surface area contributed by atoms with Crippen LogP contribution in [0.4, 0.5) is 10.1 Å². The van der Waals surface area contributed by atoms with Crippen molar-refractivity contribution in [3.8, 4) is 0 Å². The average Bonchev–Trinajstić information content (AvgIpc) is 2.54. The number of nitrogens with one attached hydrogen (secondary N) is 1. The predicted octanol–water partition coefficient (Wildman–Crippen LogP) is 3.98. The Morgan fingerprint density at radius 1 is 1.21 bits per heavy atom. The summed E-state index contributed by atoms with van der Waals surface area (Å²) >= 11 is 5.83. The number of aryl methyl sites for hydroxylation is 1. The van der Waals surface area contributed by atoms with Crippen LogP contribution >= 0.6 is 11.6 Å². The number of rotatable bonds is 5. The predicted molar refractivity (Wildman–Crippen MR) is 91.2 cm³/mol. The van der Waals surface area contributed by atoms with E-state index in [1.165, 1.54) is 24.3 Å². The van der Waals surface area contributed by atoms with Crippen molar-refractivity contribution in [2.45, 2.75) is 6.92 Å². The number of hydrogen-bond acceptors (Lipinski definition) is 3. The van der Waals surface area contributed by atoms with Gasteiger partial charge in [0.25, 0.3) is 5.91 Å². The minimum absolute atomic E-state index is 0.0835. The Kier molecular flexibility index (Phi) is 6.09. The van der Waals surface area contributed by atoms with Gasteiger partial charge in [0.2, 0.25) is 0 Å². The Balaban J connectivity index is 1.85. The van der Waals surface area contributed by atoms with E-state index in [1.54, 1.807) is 12.1 Å². The highest BCUT2D eigenvalue weighted by Crippen LogP contribution is 2.20. The largest absolute Gasteiger partial charge is 0.452 e. The number of carbonyl (C=O) groups is 2. The van der Waals surface area contributed by atoms with Gasteiger partial charge in [-0.1, -0.05) is 35.4 Å². The summed E-state index contributed by atoms with van der Waals surface area (Å²) in [7, 11) is 0. The van der Waals surface area contributed by atoms with Crippen LogP contribution in [-0.4, -0.2) is 18.5 Å². The number of benzene rings is 2. The molecule has 124 valence electrons. The van der Waals surface area contributed by atoms with Gasteiger partial charge in [0.05, 0.1) is 5.02 Å². The molecular formula is C18H15ClFNO3. The lowest BCUT2D eigenvalue weighted by molar-refractivity contribution is -0.142. The van der Waals surface area contributed by atoms with Crippen LogP contribution in [0, 0.1) is 12.7 Å². The summed E-state index contributed by atoms with van der Waals surface area (Å²) in [5, 5.41) is 2.77. The first-order chi connectivity index (χ1) is 11.5. The zero-order valence-electron chi connectivity index (χ0n) is 12.9. The van der Waals surface area contributed by atoms with Crippen molar-refractivity contribution < 1.29 is 18.7 Å². The van der Waals surface area contributed by atoms with Crippen molar-refractivity contribution in [2.75, 3.05) is 11.9 Å². The van der Waals surface area contributed by atoms with Crippen molar-refractivity contribution >= 4 is 35.2 Å². The number of halogens is 2. The lowest BCUT2D eigenvalue weighted by atomic mass is 10.2. The highest BCUT2D eigenvalue weighted by Gasteiger charge is 2.07. The number of hydrogen-bond donors (Lipinski definition) is 1. The summed E-state index contributed by atoms with van der Waals surface area (Å²) in [6, 6.07) is 11.4. The van der Waals surface area contributed by atoms with E-state index in [4.69, 9.17) is 16.3 Å². The molecule has 2 aromatic rings. The summed E-state index contributed by atoms with van der Waals surface area (Å²) in [6.07, 6.45) is 2.22. The van der Waals surface area contributed by atoms with Crippen LogP contribution in [0.2, 0.25) is 5.02 Å². The third-order valence-electron chi connectivity index (χ3n) is 3.07. The minimum Gasteiger partial charge on any atom is -0.452 e. The number of ether oxygens (including phenoxy) is 1. The Morgan fingerprint density at radius 2 is 1.92 bits per heavy atom. The molecule has 0 aromatic heterocycles. The minimum atomic E-state index is -0.770. The molecule has 0 saturated carbocycles. The van der Waals surface area contributed by atoms with Crippen molar-refractivity contribution in [3.05, 3.63) is 70.5 Å². The SMILES string of the molecule is Cc1ccc(NC(=O)COC(=O)/C=C/c2c(F)cccc2Cl)cc1. The zero-order chi connectivity index (χ0) is 17.5. The van der Waals surface area contributed by atoms with E-state index >= 15 is 0 Å². The van der Waals surface area contributed by atoms with Crippen LogP contribution in [0.5, 0.6) is 0 Å². The Hall–Kier alpha value is -2.66. The van der Waals surface area contributed by atoms with E-state index in [0.29, 0.717) is 5.69 Å². The van der Waals surface area contributed by atoms with Gasteiger partial charge < -0.3 is 10.1 Å². The van der Waals surface area contributed by atoms with Crippen LogP contribution in [0.1, 0.15) is 11.1 Å². The fourth-order valence-corrected chi connectivity index (χ4v) is 2.07. The second-order valence-corrected chi connectivity index (χ2v) is 5.40. The smallest absolute Gasteiger partial charge is 0.331 e. The number of esters is 1. The molecule has 0 aliphatic carbocycles. The van der Waals surface area contributed by atoms with Gasteiger partial charge in [0.15, 0.2) is 6.61 Å². The van der Waals surface area contributed by atoms with Crippen LogP contribution in [-0.2, 0) is 14.3 Å². The summed E-state index contributed by atoms with van der Waals surface area (Å²) in [5.74, 6) is -1.79. The van der Waals surface area contributed by atoms with Crippen molar-refractivity contribution in [1.82, 2.24) is 0 Å². The first-order valence-electron chi connectivity index (χ1n) is 7.11. The Morgan fingerprint density at radius 3 is 2.58 bits per heavy atom. The van der Waals surface area contributed by atoms with Crippen LogP contribution < -0.4 is 5.32 Å². The second kappa shape index (κ2) is 8.26. The highest BCUT2D eigenvalue weighted by atomic mass is 35.5. The van der Waals surface area contributed by atoms with E-state index in [9.17, 15) is 14.0 Å². The molecule has 0 spiro atoms. The molecule has 0 heterocycles. The molecule has 1 amide bonds. The third-order valence-corrected chi connectivity index (χ3v) is 3.40. The summed E-state index contributed by atoms with van der Waals surface area (Å²) in [5.41, 5.74) is 1.76. The molecule has 0 bridgehead atoms. The molecule has 0 radical (unpaired) electrons. The monoisotopic (exact) mass is 347 g/mol. The molecule has 0 saturated heterocycles. The van der Waals surface area contributed by atoms with E-state index in [2.05, 4.69) is 5.32 Å². The van der Waals surface area contributed by atoms with E-state index in [0.717, 1.165) is 11.6 Å². The van der Waals surface area contributed by atoms with E-state index in [1.807, 2.05) is 19.1 Å². The Bertz CT molecular complexity index is 752. The molecule has 24 heavy (non-hydrogen) atoms. The van der Waals surface area contributed by atoms with Crippen molar-refractivity contribution in [1.29, 1.82) is 0 Å². The van der Waals surface area contributed by atoms with Gasteiger partial charge >= 0.3 is 5.97 Å². The number of anilines is 1. The quantitative estimate of drug-likeness (QED) is 0.657. The molecule has 0 aliphatic rings. The molecule has 1 N–H and O–H groups in total. The number of amides is 1. The highest BCUT2D eigenvalue weighted by molar-refractivity contribution is 6.32. The molecule has 2 aromatic carbocycles. The van der Waals surface area contributed by atoms with Gasteiger partial charge in [-0.3, -0.25) is 4.79 Å². The lowest BCUT2D eigenvalue weighted by Gasteiger charge is -2.05. The maximum atomic E-state index is 13.5. The summed E-state index contributed by atoms with van der Waals surface area (Å²) < 4.78 is 18.3. The van der Waals surface area contributed by atoms with Gasteiger partial charge in [-0.2, -0.15) is 0 Å². The fraction of sp³-hybridized carbons (Fsp3) is 0.111. The maximum Gasteiger partial charge on any atom is 0.331 e. The van der Waals surface area contributed by atoms with Gasteiger partial charge in [-0.25, -0.2) is 9.18 Å². The van der Waals surface area contributed by atoms with E-state index in [-0.39, 0.29) is 10.6 Å². The lowest BCUT2D eigenvalue weighted by Crippen LogP contribution is -2.20. The van der Waals surface area contributed by atoms with Gasteiger partial charge in [-0.05, 0) is 37.3 Å². The first kappa shape index (κ1) is 17.7. The normalized spacial score (nSPS) is 10.6. The van der Waals surface area contributed by atoms with Gasteiger partial charge in [0.1, 0.15) is 5.82 Å². The Labute approximate surface area is 143 Å². The van der Waals surface area contributed by atoms with Crippen LogP contribution in [0.15, 0.2) is 48.5 Å². The second-order valence-electron chi connectivity index (χ2n) is 4.99. The standard InChI is InChI=1S/C18H15ClFNO3/c1-12-5-7-13(8-6-12)21-17(22)11-24-18(23)10-9-14-15(19)3-2-4-16(14)20/h2-10H,11H2,1H3,(H,21,22)/b10-9+. The molecular weight excluding hydrogens is 333 g/mol. The average molecular weight is 348 g/mol. The molecule has 4 nitrogen and oxygen atoms in total. The summed E-state index contributed by atoms with van der Waals surface area (Å²) in [6.45, 7) is 1.49. The van der Waals surface area contributed by atoms with E-state index < -0.39 is 24.3 Å². The van der Waals surface area contributed by atoms with Crippen LogP contribution in [0.25, 0.3) is 6.08 Å². The first-order valence-corrected chi connectivity index (χ1v) is 7.49. The molecule has 0 fully saturated rings. The topological polar surface area (TPSA) is 55.4 Å². The number of carbonyl (C=O) groups excluding carboxylic acids is 2. The van der Waals surface area contributed by atoms with Crippen molar-refractivity contribution in [3.63, 3.8) is 0 Å². The zero-order valence-corrected chi connectivity index (χ0v) is 13.6. The molecule has 2 rings (SSSR count). The maximum absolute atomic E-state index is 13.5. The molecule has 0 aliphatic heterocycles. The molecule has 0 atom stereocenters. The molecule has 6 heteroatoms. The fourth-order valence-electron chi connectivity index (χ4n) is 1.84. The molecule has 0 unspecified atom stereocenters. The van der Waals surface area contributed by atoms with Gasteiger partial charge in [-0.15, -0.1) is 0 Å². The third kappa shape index (κ3) is 5.21. The summed E-state index contributed by atoms with van der Waals surface area (Å²) in [4.78, 5) is 23.3. The van der Waals surface area contributed by atoms with Gasteiger partial charge in [0, 0.05) is 17.3 Å².